The largest absolute Gasteiger partial charge is 0.497 e. The molecule has 0 spiro atoms. The van der Waals surface area contributed by atoms with Crippen LogP contribution in [0.4, 0.5) is 5.69 Å². The van der Waals surface area contributed by atoms with Crippen LogP contribution in [0, 0.1) is 0 Å². The molecule has 162 valence electrons. The van der Waals surface area contributed by atoms with Gasteiger partial charge in [-0.1, -0.05) is 6.92 Å². The minimum atomic E-state index is -0.629. The minimum Gasteiger partial charge on any atom is -0.497 e. The second-order valence-electron chi connectivity index (χ2n) is 7.53. The average molecular weight is 424 g/mol. The van der Waals surface area contributed by atoms with Crippen LogP contribution in [0.25, 0.3) is 11.0 Å². The third-order valence-corrected chi connectivity index (χ3v) is 5.27. The van der Waals surface area contributed by atoms with E-state index < -0.39 is 17.2 Å². The highest BCUT2D eigenvalue weighted by Gasteiger charge is 2.28. The summed E-state index contributed by atoms with van der Waals surface area (Å²) < 4.78 is 11.9. The van der Waals surface area contributed by atoms with E-state index in [1.807, 2.05) is 6.92 Å². The van der Waals surface area contributed by atoms with Crippen molar-refractivity contribution in [1.82, 2.24) is 14.5 Å². The Morgan fingerprint density at radius 2 is 1.84 bits per heavy atom. The highest BCUT2D eigenvalue weighted by Crippen LogP contribution is 2.40. The van der Waals surface area contributed by atoms with Crippen LogP contribution in [0.1, 0.15) is 48.2 Å². The molecule has 0 saturated heterocycles. The molecule has 3 aromatic rings. The van der Waals surface area contributed by atoms with Gasteiger partial charge in [-0.15, -0.1) is 0 Å². The molecule has 1 fully saturated rings. The lowest BCUT2D eigenvalue weighted by atomic mass is 10.1. The van der Waals surface area contributed by atoms with Crippen molar-refractivity contribution in [3.05, 3.63) is 56.4 Å². The maximum absolute atomic E-state index is 13.3. The Morgan fingerprint density at radius 3 is 2.42 bits per heavy atom. The highest BCUT2D eigenvalue weighted by molar-refractivity contribution is 6.12. The van der Waals surface area contributed by atoms with Gasteiger partial charge in [-0.05, 0) is 25.3 Å². The zero-order valence-electron chi connectivity index (χ0n) is 17.7. The number of ether oxygens (including phenoxy) is 2. The van der Waals surface area contributed by atoms with Gasteiger partial charge in [0.15, 0.2) is 5.65 Å². The van der Waals surface area contributed by atoms with Gasteiger partial charge in [-0.2, -0.15) is 0 Å². The second-order valence-corrected chi connectivity index (χ2v) is 7.53. The van der Waals surface area contributed by atoms with Gasteiger partial charge < -0.3 is 14.8 Å². The fraction of sp³-hybridized carbons (Fsp3) is 0.364. The number of amides is 1. The van der Waals surface area contributed by atoms with Crippen LogP contribution in [0.15, 0.2) is 33.9 Å². The Labute approximate surface area is 178 Å². The Kier molecular flexibility index (Phi) is 5.50. The number of H-pyrrole nitrogens is 1. The normalized spacial score (nSPS) is 13.3. The molecule has 4 rings (SSSR count). The number of benzene rings is 1. The van der Waals surface area contributed by atoms with Gasteiger partial charge in [0, 0.05) is 42.0 Å². The standard InChI is InChI=1S/C22H24N4O5/c1-4-7-26-19-18(21(28)25-22(26)29)16(11-17(24-19)12-5-6-12)20(27)23-13-8-14(30-2)10-15(9-13)31-3/h8-12H,4-7H2,1-3H3,(H,23,27)(H,25,28,29). The van der Waals surface area contributed by atoms with Gasteiger partial charge in [0.05, 0.1) is 25.2 Å². The van der Waals surface area contributed by atoms with Crippen molar-refractivity contribution in [2.75, 3.05) is 19.5 Å². The van der Waals surface area contributed by atoms with Crippen LogP contribution in [0.2, 0.25) is 0 Å². The summed E-state index contributed by atoms with van der Waals surface area (Å²) in [4.78, 5) is 45.3. The maximum Gasteiger partial charge on any atom is 0.329 e. The molecule has 1 saturated carbocycles. The number of hydrogen-bond acceptors (Lipinski definition) is 6. The van der Waals surface area contributed by atoms with Crippen LogP contribution in [-0.4, -0.2) is 34.7 Å². The number of carbonyl (C=O) groups excluding carboxylic acids is 1. The lowest BCUT2D eigenvalue weighted by Gasteiger charge is -2.14. The van der Waals surface area contributed by atoms with Crippen LogP contribution in [0.3, 0.4) is 0 Å². The SMILES string of the molecule is CCCn1c(=O)[nH]c(=O)c2c(C(=O)Nc3cc(OC)cc(OC)c3)cc(C3CC3)nc21. The molecule has 31 heavy (non-hydrogen) atoms. The summed E-state index contributed by atoms with van der Waals surface area (Å²) >= 11 is 0. The molecule has 2 N–H and O–H groups in total. The molecule has 1 amide bonds. The lowest BCUT2D eigenvalue weighted by Crippen LogP contribution is -2.32. The number of rotatable bonds is 7. The molecule has 0 aliphatic heterocycles. The number of nitrogens with zero attached hydrogens (tertiary/aromatic N) is 2. The first-order valence-electron chi connectivity index (χ1n) is 10.2. The summed E-state index contributed by atoms with van der Waals surface area (Å²) in [6, 6.07) is 6.66. The van der Waals surface area contributed by atoms with E-state index in [2.05, 4.69) is 15.3 Å². The number of pyridine rings is 1. The topological polar surface area (TPSA) is 115 Å². The first kappa shape index (κ1) is 20.6. The lowest BCUT2D eigenvalue weighted by molar-refractivity contribution is 0.102. The molecule has 1 aliphatic rings. The number of methoxy groups -OCH3 is 2. The number of anilines is 1. The zero-order chi connectivity index (χ0) is 22.1. The van der Waals surface area contributed by atoms with Gasteiger partial charge in [0.2, 0.25) is 0 Å². The van der Waals surface area contributed by atoms with E-state index in [0.717, 1.165) is 18.5 Å². The fourth-order valence-electron chi connectivity index (χ4n) is 3.57. The third-order valence-electron chi connectivity index (χ3n) is 5.27. The molecule has 0 unspecified atom stereocenters. The molecule has 1 aromatic carbocycles. The van der Waals surface area contributed by atoms with Crippen LogP contribution >= 0.6 is 0 Å². The Morgan fingerprint density at radius 1 is 1.16 bits per heavy atom. The number of aryl methyl sites for hydroxylation is 1. The van der Waals surface area contributed by atoms with Crippen molar-refractivity contribution in [3.8, 4) is 11.5 Å². The van der Waals surface area contributed by atoms with Gasteiger partial charge >= 0.3 is 5.69 Å². The highest BCUT2D eigenvalue weighted by atomic mass is 16.5. The van der Waals surface area contributed by atoms with Gasteiger partial charge in [0.25, 0.3) is 11.5 Å². The second kappa shape index (κ2) is 8.25. The molecular weight excluding hydrogens is 400 g/mol. The summed E-state index contributed by atoms with van der Waals surface area (Å²) in [7, 11) is 3.04. The van der Waals surface area contributed by atoms with Gasteiger partial charge in [0.1, 0.15) is 11.5 Å². The third kappa shape index (κ3) is 4.03. The molecule has 0 atom stereocenters. The summed E-state index contributed by atoms with van der Waals surface area (Å²) in [5, 5.41) is 2.91. The van der Waals surface area contributed by atoms with Crippen molar-refractivity contribution in [2.45, 2.75) is 38.6 Å². The van der Waals surface area contributed by atoms with E-state index in [-0.39, 0.29) is 22.5 Å². The van der Waals surface area contributed by atoms with Crippen LogP contribution < -0.4 is 26.0 Å². The van der Waals surface area contributed by atoms with Gasteiger partial charge in [-0.25, -0.2) is 9.78 Å². The predicted octanol–water partition coefficient (Wildman–Crippen LogP) is 2.64. The van der Waals surface area contributed by atoms with E-state index in [1.54, 1.807) is 24.3 Å². The van der Waals surface area contributed by atoms with Crippen LogP contribution in [-0.2, 0) is 6.54 Å². The quantitative estimate of drug-likeness (QED) is 0.602. The van der Waals surface area contributed by atoms with E-state index in [1.165, 1.54) is 18.8 Å². The monoisotopic (exact) mass is 424 g/mol. The Hall–Kier alpha value is -3.62. The summed E-state index contributed by atoms with van der Waals surface area (Å²) in [5.74, 6) is 0.791. The Bertz CT molecular complexity index is 1250. The maximum atomic E-state index is 13.3. The van der Waals surface area contributed by atoms with Crippen molar-refractivity contribution < 1.29 is 14.3 Å². The summed E-state index contributed by atoms with van der Waals surface area (Å²) in [5.41, 5.74) is 0.445. The number of hydrogen-bond donors (Lipinski definition) is 2. The fourth-order valence-corrected chi connectivity index (χ4v) is 3.57. The van der Waals surface area contributed by atoms with Crippen molar-refractivity contribution >= 4 is 22.6 Å². The van der Waals surface area contributed by atoms with E-state index in [9.17, 15) is 14.4 Å². The number of aromatic nitrogens is 3. The number of carbonyl (C=O) groups is 1. The average Bonchev–Trinajstić information content (AvgIpc) is 3.60. The molecule has 9 nitrogen and oxygen atoms in total. The molecule has 9 heteroatoms. The summed E-state index contributed by atoms with van der Waals surface area (Å²) in [6.45, 7) is 2.32. The van der Waals surface area contributed by atoms with Crippen molar-refractivity contribution in [1.29, 1.82) is 0 Å². The minimum absolute atomic E-state index is 0.102. The van der Waals surface area contributed by atoms with E-state index >= 15 is 0 Å². The van der Waals surface area contributed by atoms with Crippen LogP contribution in [0.5, 0.6) is 11.5 Å². The smallest absolute Gasteiger partial charge is 0.329 e. The van der Waals surface area contributed by atoms with Crippen molar-refractivity contribution in [3.63, 3.8) is 0 Å². The predicted molar refractivity (Wildman–Crippen MR) is 116 cm³/mol. The molecule has 0 bridgehead atoms. The molecule has 2 aromatic heterocycles. The first-order chi connectivity index (χ1) is 14.9. The first-order valence-corrected chi connectivity index (χ1v) is 10.2. The van der Waals surface area contributed by atoms with E-state index in [0.29, 0.717) is 30.2 Å². The molecule has 0 radical (unpaired) electrons. The molecule has 2 heterocycles. The molecular formula is C22H24N4O5. The van der Waals surface area contributed by atoms with E-state index in [4.69, 9.17) is 9.47 Å². The zero-order valence-corrected chi connectivity index (χ0v) is 17.7. The number of aromatic amines is 1. The van der Waals surface area contributed by atoms with Gasteiger partial charge in [-0.3, -0.25) is 19.1 Å². The summed E-state index contributed by atoms with van der Waals surface area (Å²) in [6.07, 6.45) is 2.61. The number of nitrogens with one attached hydrogen (secondary N) is 2. The number of fused-ring (bicyclic) bond motifs is 1. The molecule has 1 aliphatic carbocycles. The Balaban J connectivity index is 1.86. The van der Waals surface area contributed by atoms with Crippen molar-refractivity contribution in [2.24, 2.45) is 0 Å².